The summed E-state index contributed by atoms with van der Waals surface area (Å²) in [4.78, 5) is 24.1. The van der Waals surface area contributed by atoms with E-state index >= 15 is 0 Å². The summed E-state index contributed by atoms with van der Waals surface area (Å²) in [7, 11) is 0. The summed E-state index contributed by atoms with van der Waals surface area (Å²) >= 11 is 0. The van der Waals surface area contributed by atoms with Crippen LogP contribution in [0.25, 0.3) is 0 Å². The molecule has 0 fully saturated rings. The van der Waals surface area contributed by atoms with Crippen LogP contribution in [0.5, 0.6) is 0 Å². The van der Waals surface area contributed by atoms with Crippen molar-refractivity contribution < 1.29 is 4.79 Å². The quantitative estimate of drug-likeness (QED) is 0.507. The third kappa shape index (κ3) is 4.20. The van der Waals surface area contributed by atoms with Gasteiger partial charge in [-0.2, -0.15) is 0 Å². The van der Waals surface area contributed by atoms with Crippen LogP contribution in [0, 0.1) is 0 Å². The Balaban J connectivity index is 1.63. The molecule has 3 aromatic rings. The number of carbonyl (C=O) groups excluding carboxylic acids is 1. The summed E-state index contributed by atoms with van der Waals surface area (Å²) in [6.07, 6.45) is 4.45. The fourth-order valence-electron chi connectivity index (χ4n) is 2.11. The predicted molar refractivity (Wildman–Crippen MR) is 95.5 cm³/mol. The van der Waals surface area contributed by atoms with E-state index in [2.05, 4.69) is 31.1 Å². The second-order valence-electron chi connectivity index (χ2n) is 5.14. The first-order chi connectivity index (χ1) is 12.2. The molecule has 2 heterocycles. The van der Waals surface area contributed by atoms with Gasteiger partial charge in [0.05, 0.1) is 0 Å². The number of carbonyl (C=O) groups is 1. The maximum atomic E-state index is 12.0. The summed E-state index contributed by atoms with van der Waals surface area (Å²) in [5, 5.41) is 3.15. The molecule has 0 bridgehead atoms. The highest BCUT2D eigenvalue weighted by atomic mass is 16.2. The van der Waals surface area contributed by atoms with Crippen molar-refractivity contribution in [3.8, 4) is 0 Å². The molecule has 0 aliphatic rings. The van der Waals surface area contributed by atoms with Gasteiger partial charge in [0.1, 0.15) is 12.0 Å². The standard InChI is InChI=1S/C17H17N7O/c18-14-15(20-10-12-4-2-1-3-5-12)21-11-22-16(14)23-24-17(25)13-6-8-19-9-7-13/h1-9,11H,10,18H2,(H,24,25)(H2,20,21,22,23). The summed E-state index contributed by atoms with van der Waals surface area (Å²) in [6.45, 7) is 0.574. The van der Waals surface area contributed by atoms with Gasteiger partial charge in [0, 0.05) is 24.5 Å². The molecule has 25 heavy (non-hydrogen) atoms. The number of rotatable bonds is 6. The van der Waals surface area contributed by atoms with E-state index in [0.717, 1.165) is 5.56 Å². The average molecular weight is 335 g/mol. The second-order valence-corrected chi connectivity index (χ2v) is 5.14. The van der Waals surface area contributed by atoms with Crippen LogP contribution >= 0.6 is 0 Å². The first kappa shape index (κ1) is 16.2. The van der Waals surface area contributed by atoms with Gasteiger partial charge < -0.3 is 11.1 Å². The lowest BCUT2D eigenvalue weighted by atomic mass is 10.2. The number of nitrogens with one attached hydrogen (secondary N) is 3. The fraction of sp³-hybridized carbons (Fsp3) is 0.0588. The van der Waals surface area contributed by atoms with Crippen molar-refractivity contribution in [2.45, 2.75) is 6.54 Å². The molecular weight excluding hydrogens is 318 g/mol. The van der Waals surface area contributed by atoms with Gasteiger partial charge >= 0.3 is 0 Å². The highest BCUT2D eigenvalue weighted by molar-refractivity contribution is 5.95. The molecule has 0 aliphatic carbocycles. The topological polar surface area (TPSA) is 118 Å². The van der Waals surface area contributed by atoms with Gasteiger partial charge in [0.15, 0.2) is 11.6 Å². The zero-order chi connectivity index (χ0) is 17.5. The Hall–Kier alpha value is -3.68. The Bertz CT molecular complexity index is 840. The van der Waals surface area contributed by atoms with Gasteiger partial charge in [-0.15, -0.1) is 0 Å². The summed E-state index contributed by atoms with van der Waals surface area (Å²) in [5.41, 5.74) is 13.2. The van der Waals surface area contributed by atoms with E-state index in [-0.39, 0.29) is 5.91 Å². The number of anilines is 3. The number of hydrogen-bond donors (Lipinski definition) is 4. The molecule has 3 rings (SSSR count). The SMILES string of the molecule is Nc1c(NCc2ccccc2)ncnc1NNC(=O)c1ccncc1. The lowest BCUT2D eigenvalue weighted by Gasteiger charge is -2.13. The van der Waals surface area contributed by atoms with Crippen LogP contribution in [0.4, 0.5) is 17.3 Å². The maximum Gasteiger partial charge on any atom is 0.269 e. The van der Waals surface area contributed by atoms with Crippen LogP contribution in [0.3, 0.4) is 0 Å². The third-order valence-electron chi connectivity index (χ3n) is 3.42. The molecule has 0 atom stereocenters. The van der Waals surface area contributed by atoms with Gasteiger partial charge in [-0.05, 0) is 17.7 Å². The van der Waals surface area contributed by atoms with E-state index in [1.54, 1.807) is 24.5 Å². The minimum atomic E-state index is -0.320. The van der Waals surface area contributed by atoms with Gasteiger partial charge in [-0.25, -0.2) is 9.97 Å². The van der Waals surface area contributed by atoms with Crippen molar-refractivity contribution in [2.75, 3.05) is 16.5 Å². The highest BCUT2D eigenvalue weighted by Crippen LogP contribution is 2.22. The fourth-order valence-corrected chi connectivity index (χ4v) is 2.11. The van der Waals surface area contributed by atoms with E-state index in [9.17, 15) is 4.79 Å². The number of nitrogens with two attached hydrogens (primary N) is 1. The van der Waals surface area contributed by atoms with Crippen molar-refractivity contribution in [1.29, 1.82) is 0 Å². The molecule has 0 spiro atoms. The van der Waals surface area contributed by atoms with Crippen LogP contribution in [0.15, 0.2) is 61.2 Å². The molecule has 126 valence electrons. The van der Waals surface area contributed by atoms with E-state index < -0.39 is 0 Å². The molecule has 0 saturated carbocycles. The van der Waals surface area contributed by atoms with E-state index in [1.807, 2.05) is 30.3 Å². The van der Waals surface area contributed by atoms with Crippen LogP contribution in [-0.2, 0) is 6.54 Å². The van der Waals surface area contributed by atoms with E-state index in [0.29, 0.717) is 29.4 Å². The Morgan fingerprint density at radius 1 is 1.00 bits per heavy atom. The molecule has 8 heteroatoms. The summed E-state index contributed by atoms with van der Waals surface area (Å²) in [5.74, 6) is 0.478. The number of nitrogens with zero attached hydrogens (tertiary/aromatic N) is 3. The summed E-state index contributed by atoms with van der Waals surface area (Å²) < 4.78 is 0. The molecule has 0 aliphatic heterocycles. The highest BCUT2D eigenvalue weighted by Gasteiger charge is 2.10. The third-order valence-corrected chi connectivity index (χ3v) is 3.42. The minimum absolute atomic E-state index is 0.313. The zero-order valence-corrected chi connectivity index (χ0v) is 13.3. The van der Waals surface area contributed by atoms with Gasteiger partial charge in [0.2, 0.25) is 0 Å². The Morgan fingerprint density at radius 2 is 1.72 bits per heavy atom. The predicted octanol–water partition coefficient (Wildman–Crippen LogP) is 1.82. The van der Waals surface area contributed by atoms with E-state index in [1.165, 1.54) is 6.33 Å². The van der Waals surface area contributed by atoms with Crippen molar-refractivity contribution in [1.82, 2.24) is 20.4 Å². The Kier molecular flexibility index (Phi) is 5.01. The monoisotopic (exact) mass is 335 g/mol. The zero-order valence-electron chi connectivity index (χ0n) is 13.3. The first-order valence-electron chi connectivity index (χ1n) is 7.58. The van der Waals surface area contributed by atoms with Crippen molar-refractivity contribution >= 4 is 23.2 Å². The van der Waals surface area contributed by atoms with Crippen molar-refractivity contribution in [2.24, 2.45) is 0 Å². The largest absolute Gasteiger partial charge is 0.393 e. The molecule has 5 N–H and O–H groups in total. The molecule has 1 amide bonds. The Morgan fingerprint density at radius 3 is 2.48 bits per heavy atom. The number of hydrazine groups is 1. The number of hydrogen-bond acceptors (Lipinski definition) is 7. The minimum Gasteiger partial charge on any atom is -0.393 e. The van der Waals surface area contributed by atoms with Gasteiger partial charge in [-0.1, -0.05) is 30.3 Å². The van der Waals surface area contributed by atoms with Crippen LogP contribution in [-0.4, -0.2) is 20.9 Å². The van der Waals surface area contributed by atoms with Crippen LogP contribution < -0.4 is 21.9 Å². The normalized spacial score (nSPS) is 10.1. The maximum absolute atomic E-state index is 12.0. The number of pyridine rings is 1. The van der Waals surface area contributed by atoms with Crippen LogP contribution in [0.1, 0.15) is 15.9 Å². The molecule has 0 saturated heterocycles. The number of aromatic nitrogens is 3. The van der Waals surface area contributed by atoms with Gasteiger partial charge in [-0.3, -0.25) is 20.6 Å². The average Bonchev–Trinajstić information content (AvgIpc) is 2.67. The molecule has 0 radical (unpaired) electrons. The second kappa shape index (κ2) is 7.73. The van der Waals surface area contributed by atoms with E-state index in [4.69, 9.17) is 5.73 Å². The first-order valence-corrected chi connectivity index (χ1v) is 7.58. The van der Waals surface area contributed by atoms with Crippen molar-refractivity contribution in [3.05, 3.63) is 72.3 Å². The van der Waals surface area contributed by atoms with Gasteiger partial charge in [0.25, 0.3) is 5.91 Å². The number of benzene rings is 1. The smallest absolute Gasteiger partial charge is 0.269 e. The Labute approximate surface area is 144 Å². The lowest BCUT2D eigenvalue weighted by Crippen LogP contribution is -2.30. The lowest BCUT2D eigenvalue weighted by molar-refractivity contribution is 0.0962. The van der Waals surface area contributed by atoms with Crippen LogP contribution in [0.2, 0.25) is 0 Å². The number of nitrogen functional groups attached to an aromatic ring is 1. The molecule has 8 nitrogen and oxygen atoms in total. The van der Waals surface area contributed by atoms with Crippen molar-refractivity contribution in [3.63, 3.8) is 0 Å². The summed E-state index contributed by atoms with van der Waals surface area (Å²) in [6, 6.07) is 13.1. The molecule has 0 unspecified atom stereocenters. The molecule has 2 aromatic heterocycles. The number of amides is 1. The molecular formula is C17H17N7O. The molecule has 1 aromatic carbocycles.